The molecule has 3 nitrogen and oxygen atoms in total. The number of hydrogen-bond donors (Lipinski definition) is 1. The lowest BCUT2D eigenvalue weighted by Crippen LogP contribution is -2.10. The largest absolute Gasteiger partial charge is 0.487 e. The van der Waals surface area contributed by atoms with Gasteiger partial charge in [0.1, 0.15) is 5.82 Å². The van der Waals surface area contributed by atoms with Crippen molar-refractivity contribution < 1.29 is 13.9 Å². The van der Waals surface area contributed by atoms with Gasteiger partial charge in [-0.1, -0.05) is 29.3 Å². The first-order valence-corrected chi connectivity index (χ1v) is 7.55. The lowest BCUT2D eigenvalue weighted by Gasteiger charge is -2.11. The lowest BCUT2D eigenvalue weighted by atomic mass is 10.1. The van der Waals surface area contributed by atoms with Crippen LogP contribution in [0.5, 0.6) is 0 Å². The summed E-state index contributed by atoms with van der Waals surface area (Å²) in [6, 6.07) is 2.88. The zero-order valence-corrected chi connectivity index (χ0v) is 13.9. The smallest absolute Gasteiger partial charge is 0.221 e. The first kappa shape index (κ1) is 17.0. The van der Waals surface area contributed by atoms with E-state index in [0.29, 0.717) is 22.6 Å². The number of carbonyl (C=O) groups is 1. The lowest BCUT2D eigenvalue weighted by molar-refractivity contribution is -0.114. The number of anilines is 1. The third kappa shape index (κ3) is 5.54. The highest BCUT2D eigenvalue weighted by atomic mass is 79.9. The van der Waals surface area contributed by atoms with Crippen LogP contribution < -0.4 is 5.32 Å². The molecule has 0 aliphatic carbocycles. The SMILES string of the molecule is CCCCOC(=S)Cc1cc(NC(C)=O)c(F)cc1Br. The van der Waals surface area contributed by atoms with Crippen LogP contribution in [0.1, 0.15) is 32.3 Å². The summed E-state index contributed by atoms with van der Waals surface area (Å²) >= 11 is 8.44. The highest BCUT2D eigenvalue weighted by Gasteiger charge is 2.11. The van der Waals surface area contributed by atoms with Crippen molar-refractivity contribution in [3.05, 3.63) is 28.0 Å². The number of halogens is 2. The van der Waals surface area contributed by atoms with Crippen LogP contribution in [-0.4, -0.2) is 17.6 Å². The average molecular weight is 362 g/mol. The molecule has 110 valence electrons. The Hall–Kier alpha value is -1.01. The van der Waals surface area contributed by atoms with E-state index in [1.54, 1.807) is 6.07 Å². The summed E-state index contributed by atoms with van der Waals surface area (Å²) in [5.41, 5.74) is 0.920. The monoisotopic (exact) mass is 361 g/mol. The number of amides is 1. The molecule has 0 fully saturated rings. The van der Waals surface area contributed by atoms with E-state index in [9.17, 15) is 9.18 Å². The topological polar surface area (TPSA) is 38.3 Å². The van der Waals surface area contributed by atoms with Crippen molar-refractivity contribution in [2.75, 3.05) is 11.9 Å². The quantitative estimate of drug-likeness (QED) is 0.608. The molecule has 1 rings (SSSR count). The Kier molecular flexibility index (Phi) is 7.09. The van der Waals surface area contributed by atoms with E-state index in [-0.39, 0.29) is 11.6 Å². The first-order valence-electron chi connectivity index (χ1n) is 6.35. The molecule has 0 radical (unpaired) electrons. The molecule has 0 bridgehead atoms. The molecule has 0 atom stereocenters. The van der Waals surface area contributed by atoms with Crippen LogP contribution >= 0.6 is 28.1 Å². The van der Waals surface area contributed by atoms with Gasteiger partial charge in [0, 0.05) is 17.8 Å². The zero-order chi connectivity index (χ0) is 15.1. The van der Waals surface area contributed by atoms with Gasteiger partial charge < -0.3 is 10.1 Å². The minimum atomic E-state index is -0.492. The predicted octanol–water partition coefficient (Wildman–Crippen LogP) is 4.23. The number of rotatable bonds is 6. The maximum absolute atomic E-state index is 13.7. The third-order valence-corrected chi connectivity index (χ3v) is 3.54. The van der Waals surface area contributed by atoms with Crippen LogP contribution in [0.4, 0.5) is 10.1 Å². The molecule has 0 aliphatic heterocycles. The van der Waals surface area contributed by atoms with Crippen LogP contribution in [0.15, 0.2) is 16.6 Å². The van der Waals surface area contributed by atoms with Crippen molar-refractivity contribution >= 4 is 44.8 Å². The Morgan fingerprint density at radius 3 is 2.80 bits per heavy atom. The summed E-state index contributed by atoms with van der Waals surface area (Å²) in [5.74, 6) is -0.812. The van der Waals surface area contributed by atoms with Gasteiger partial charge in [-0.25, -0.2) is 4.39 Å². The van der Waals surface area contributed by atoms with Crippen LogP contribution in [0.3, 0.4) is 0 Å². The summed E-state index contributed by atoms with van der Waals surface area (Å²) in [5, 5.41) is 2.91. The van der Waals surface area contributed by atoms with Gasteiger partial charge in [-0.3, -0.25) is 4.79 Å². The molecule has 6 heteroatoms. The maximum Gasteiger partial charge on any atom is 0.221 e. The molecule has 0 heterocycles. The second-order valence-corrected chi connectivity index (χ2v) is 5.67. The van der Waals surface area contributed by atoms with Gasteiger partial charge in [0.25, 0.3) is 0 Å². The van der Waals surface area contributed by atoms with E-state index in [4.69, 9.17) is 17.0 Å². The van der Waals surface area contributed by atoms with Crippen LogP contribution in [0, 0.1) is 5.82 Å². The van der Waals surface area contributed by atoms with Crippen molar-refractivity contribution in [1.82, 2.24) is 0 Å². The maximum atomic E-state index is 13.7. The fourth-order valence-electron chi connectivity index (χ4n) is 1.55. The summed E-state index contributed by atoms with van der Waals surface area (Å²) in [6.45, 7) is 4.00. The minimum Gasteiger partial charge on any atom is -0.487 e. The van der Waals surface area contributed by atoms with Crippen molar-refractivity contribution in [1.29, 1.82) is 0 Å². The summed E-state index contributed by atoms with van der Waals surface area (Å²) in [4.78, 5) is 11.0. The number of ether oxygens (including phenoxy) is 1. The Morgan fingerprint density at radius 2 is 2.20 bits per heavy atom. The number of hydrogen-bond acceptors (Lipinski definition) is 3. The molecule has 0 unspecified atom stereocenters. The molecule has 1 N–H and O–H groups in total. The number of unbranched alkanes of at least 4 members (excludes halogenated alkanes) is 1. The van der Waals surface area contributed by atoms with Gasteiger partial charge in [0.05, 0.1) is 12.3 Å². The van der Waals surface area contributed by atoms with Crippen molar-refractivity contribution in [2.45, 2.75) is 33.1 Å². The Labute approximate surface area is 132 Å². The van der Waals surface area contributed by atoms with Gasteiger partial charge in [-0.2, -0.15) is 0 Å². The van der Waals surface area contributed by atoms with Gasteiger partial charge in [-0.15, -0.1) is 0 Å². The highest BCUT2D eigenvalue weighted by molar-refractivity contribution is 9.10. The van der Waals surface area contributed by atoms with Crippen molar-refractivity contribution in [3.8, 4) is 0 Å². The molecular formula is C14H17BrFNO2S. The predicted molar refractivity (Wildman–Crippen MR) is 85.6 cm³/mol. The van der Waals surface area contributed by atoms with E-state index in [0.717, 1.165) is 18.4 Å². The summed E-state index contributed by atoms with van der Waals surface area (Å²) in [7, 11) is 0. The molecule has 0 saturated carbocycles. The minimum absolute atomic E-state index is 0.145. The van der Waals surface area contributed by atoms with E-state index in [1.807, 2.05) is 0 Å². The van der Waals surface area contributed by atoms with Crippen molar-refractivity contribution in [2.24, 2.45) is 0 Å². The molecule has 0 saturated heterocycles. The normalized spacial score (nSPS) is 10.2. The van der Waals surface area contributed by atoms with E-state index in [1.165, 1.54) is 13.0 Å². The summed E-state index contributed by atoms with van der Waals surface area (Å²) in [6.07, 6.45) is 2.38. The van der Waals surface area contributed by atoms with Gasteiger partial charge in [-0.05, 0) is 36.3 Å². The first-order chi connectivity index (χ1) is 9.43. The van der Waals surface area contributed by atoms with Crippen LogP contribution in [0.2, 0.25) is 0 Å². The third-order valence-electron chi connectivity index (χ3n) is 2.54. The van der Waals surface area contributed by atoms with Crippen LogP contribution in [0.25, 0.3) is 0 Å². The molecule has 0 aromatic heterocycles. The Bertz CT molecular complexity index is 508. The molecule has 1 aromatic carbocycles. The van der Waals surface area contributed by atoms with Crippen LogP contribution in [-0.2, 0) is 16.0 Å². The number of carbonyl (C=O) groups excluding carboxylic acids is 1. The zero-order valence-electron chi connectivity index (χ0n) is 11.5. The standard InChI is InChI=1S/C14H17BrFNO2S/c1-3-4-5-19-14(20)7-10-6-13(17-9(2)18)12(16)8-11(10)15/h6,8H,3-5,7H2,1-2H3,(H,17,18). The molecule has 1 amide bonds. The van der Waals surface area contributed by atoms with E-state index < -0.39 is 5.82 Å². The Balaban J connectivity index is 2.78. The van der Waals surface area contributed by atoms with Crippen molar-refractivity contribution in [3.63, 3.8) is 0 Å². The molecule has 1 aromatic rings. The van der Waals surface area contributed by atoms with Gasteiger partial charge >= 0.3 is 0 Å². The summed E-state index contributed by atoms with van der Waals surface area (Å²) < 4.78 is 19.7. The molecule has 20 heavy (non-hydrogen) atoms. The number of nitrogens with one attached hydrogen (secondary N) is 1. The van der Waals surface area contributed by atoms with Gasteiger partial charge in [0.2, 0.25) is 5.91 Å². The van der Waals surface area contributed by atoms with E-state index >= 15 is 0 Å². The fourth-order valence-corrected chi connectivity index (χ4v) is 2.25. The Morgan fingerprint density at radius 1 is 1.50 bits per heavy atom. The van der Waals surface area contributed by atoms with Gasteiger partial charge in [0.15, 0.2) is 5.05 Å². The number of benzene rings is 1. The molecule has 0 spiro atoms. The second-order valence-electron chi connectivity index (χ2n) is 4.36. The fraction of sp³-hybridized carbons (Fsp3) is 0.429. The highest BCUT2D eigenvalue weighted by Crippen LogP contribution is 2.25. The average Bonchev–Trinajstić information content (AvgIpc) is 2.35. The number of thiocarbonyl (C=S) groups is 1. The van der Waals surface area contributed by atoms with E-state index in [2.05, 4.69) is 28.2 Å². The molecule has 0 aliphatic rings. The molecular weight excluding hydrogens is 345 g/mol. The second kappa shape index (κ2) is 8.32.